The highest BCUT2D eigenvalue weighted by Crippen LogP contribution is 2.25. The smallest absolute Gasteiger partial charge is 0.0562 e. The lowest BCUT2D eigenvalue weighted by atomic mass is 10.2. The highest BCUT2D eigenvalue weighted by molar-refractivity contribution is 7.99. The quantitative estimate of drug-likeness (QED) is 0.841. The fraction of sp³-hybridized carbons (Fsp3) is 0.357. The molecule has 2 aromatic rings. The molecule has 0 aliphatic carbocycles. The summed E-state index contributed by atoms with van der Waals surface area (Å²) >= 11 is 1.81. The van der Waals surface area contributed by atoms with E-state index in [1.54, 1.807) is 11.8 Å². The Labute approximate surface area is 112 Å². The Morgan fingerprint density at radius 1 is 1.33 bits per heavy atom. The van der Waals surface area contributed by atoms with Crippen LogP contribution in [-0.2, 0) is 6.54 Å². The van der Waals surface area contributed by atoms with Gasteiger partial charge < -0.3 is 5.73 Å². The SMILES string of the molecule is CCn1nccc1C(N)CSc1ccccc1C. The molecular formula is C14H19N3S. The van der Waals surface area contributed by atoms with Crippen LogP contribution in [-0.4, -0.2) is 15.5 Å². The minimum Gasteiger partial charge on any atom is -0.322 e. The highest BCUT2D eigenvalue weighted by Gasteiger charge is 2.11. The van der Waals surface area contributed by atoms with Crippen molar-refractivity contribution in [1.29, 1.82) is 0 Å². The van der Waals surface area contributed by atoms with E-state index in [0.29, 0.717) is 0 Å². The van der Waals surface area contributed by atoms with Gasteiger partial charge in [0.25, 0.3) is 0 Å². The average Bonchev–Trinajstić information content (AvgIpc) is 2.86. The monoisotopic (exact) mass is 261 g/mol. The van der Waals surface area contributed by atoms with Crippen LogP contribution >= 0.6 is 11.8 Å². The lowest BCUT2D eigenvalue weighted by Gasteiger charge is -2.13. The summed E-state index contributed by atoms with van der Waals surface area (Å²) in [6.45, 7) is 5.08. The molecule has 0 saturated heterocycles. The number of rotatable bonds is 5. The van der Waals surface area contributed by atoms with E-state index < -0.39 is 0 Å². The molecular weight excluding hydrogens is 242 g/mol. The molecule has 0 amide bonds. The molecule has 1 aromatic carbocycles. The van der Waals surface area contributed by atoms with Gasteiger partial charge in [-0.2, -0.15) is 5.10 Å². The summed E-state index contributed by atoms with van der Waals surface area (Å²) in [6.07, 6.45) is 1.82. The van der Waals surface area contributed by atoms with Crippen LogP contribution in [0, 0.1) is 6.92 Å². The summed E-state index contributed by atoms with van der Waals surface area (Å²) in [4.78, 5) is 1.30. The zero-order valence-corrected chi connectivity index (χ0v) is 11.7. The van der Waals surface area contributed by atoms with E-state index in [4.69, 9.17) is 5.73 Å². The molecule has 1 heterocycles. The van der Waals surface area contributed by atoms with Gasteiger partial charge in [-0.05, 0) is 31.5 Å². The Bertz CT molecular complexity index is 507. The van der Waals surface area contributed by atoms with Gasteiger partial charge in [-0.1, -0.05) is 18.2 Å². The van der Waals surface area contributed by atoms with Gasteiger partial charge in [0.15, 0.2) is 0 Å². The van der Waals surface area contributed by atoms with Crippen molar-refractivity contribution in [3.63, 3.8) is 0 Å². The summed E-state index contributed by atoms with van der Waals surface area (Å²) in [7, 11) is 0. The van der Waals surface area contributed by atoms with Crippen LogP contribution in [0.15, 0.2) is 41.4 Å². The first-order valence-electron chi connectivity index (χ1n) is 6.18. The summed E-state index contributed by atoms with van der Waals surface area (Å²) in [5.74, 6) is 0.872. The highest BCUT2D eigenvalue weighted by atomic mass is 32.2. The maximum atomic E-state index is 6.23. The third kappa shape index (κ3) is 2.94. The molecule has 0 aliphatic heterocycles. The standard InChI is InChI=1S/C14H19N3S/c1-3-17-13(8-9-16-17)12(15)10-18-14-7-5-4-6-11(14)2/h4-9,12H,3,10,15H2,1-2H3. The van der Waals surface area contributed by atoms with Crippen LogP contribution in [0.4, 0.5) is 0 Å². The minimum atomic E-state index is 0.0251. The number of nitrogens with zero attached hydrogens (tertiary/aromatic N) is 2. The summed E-state index contributed by atoms with van der Waals surface area (Å²) < 4.78 is 1.96. The Morgan fingerprint density at radius 3 is 2.83 bits per heavy atom. The fourth-order valence-corrected chi connectivity index (χ4v) is 2.91. The zero-order valence-electron chi connectivity index (χ0n) is 10.8. The van der Waals surface area contributed by atoms with E-state index in [0.717, 1.165) is 18.0 Å². The van der Waals surface area contributed by atoms with Crippen molar-refractivity contribution in [3.05, 3.63) is 47.8 Å². The zero-order chi connectivity index (χ0) is 13.0. The Hall–Kier alpha value is -1.26. The number of benzene rings is 1. The van der Waals surface area contributed by atoms with Crippen molar-refractivity contribution in [2.24, 2.45) is 5.73 Å². The molecule has 0 fully saturated rings. The van der Waals surface area contributed by atoms with Gasteiger partial charge in [-0.3, -0.25) is 4.68 Å². The molecule has 0 saturated carbocycles. The molecule has 96 valence electrons. The lowest BCUT2D eigenvalue weighted by Crippen LogP contribution is -2.18. The van der Waals surface area contributed by atoms with Gasteiger partial charge in [0.05, 0.1) is 11.7 Å². The predicted octanol–water partition coefficient (Wildman–Crippen LogP) is 3.00. The van der Waals surface area contributed by atoms with Crippen molar-refractivity contribution in [2.45, 2.75) is 31.3 Å². The molecule has 2 N–H and O–H groups in total. The predicted molar refractivity (Wildman–Crippen MR) is 76.7 cm³/mol. The molecule has 3 nitrogen and oxygen atoms in total. The number of thioether (sulfide) groups is 1. The molecule has 0 radical (unpaired) electrons. The van der Waals surface area contributed by atoms with Gasteiger partial charge in [-0.15, -0.1) is 11.8 Å². The Morgan fingerprint density at radius 2 is 2.11 bits per heavy atom. The number of aryl methyl sites for hydroxylation is 2. The molecule has 0 spiro atoms. The van der Waals surface area contributed by atoms with Gasteiger partial charge in [0, 0.05) is 23.4 Å². The number of nitrogens with two attached hydrogens (primary N) is 1. The Kier molecular flexibility index (Phi) is 4.44. The van der Waals surface area contributed by atoms with Gasteiger partial charge in [0.2, 0.25) is 0 Å². The molecule has 0 bridgehead atoms. The van der Waals surface area contributed by atoms with E-state index in [1.165, 1.54) is 10.5 Å². The van der Waals surface area contributed by atoms with Crippen molar-refractivity contribution >= 4 is 11.8 Å². The Balaban J connectivity index is 2.01. The summed E-state index contributed by atoms with van der Waals surface area (Å²) in [5, 5.41) is 4.26. The van der Waals surface area contributed by atoms with Crippen molar-refractivity contribution in [3.8, 4) is 0 Å². The maximum Gasteiger partial charge on any atom is 0.0562 e. The molecule has 1 unspecified atom stereocenters. The van der Waals surface area contributed by atoms with Crippen LogP contribution in [0.5, 0.6) is 0 Å². The largest absolute Gasteiger partial charge is 0.322 e. The van der Waals surface area contributed by atoms with E-state index >= 15 is 0 Å². The summed E-state index contributed by atoms with van der Waals surface area (Å²) in [6, 6.07) is 10.4. The first-order chi connectivity index (χ1) is 8.72. The minimum absolute atomic E-state index is 0.0251. The maximum absolute atomic E-state index is 6.23. The van der Waals surface area contributed by atoms with Crippen LogP contribution < -0.4 is 5.73 Å². The first kappa shape index (κ1) is 13.2. The molecule has 0 aliphatic rings. The molecule has 2 rings (SSSR count). The summed E-state index contributed by atoms with van der Waals surface area (Å²) in [5.41, 5.74) is 8.65. The van der Waals surface area contributed by atoms with Gasteiger partial charge in [0.1, 0.15) is 0 Å². The second-order valence-electron chi connectivity index (χ2n) is 4.25. The van der Waals surface area contributed by atoms with Gasteiger partial charge >= 0.3 is 0 Å². The van der Waals surface area contributed by atoms with Crippen LogP contribution in [0.1, 0.15) is 24.2 Å². The van der Waals surface area contributed by atoms with E-state index in [9.17, 15) is 0 Å². The second kappa shape index (κ2) is 6.07. The lowest BCUT2D eigenvalue weighted by molar-refractivity contribution is 0.593. The molecule has 1 aromatic heterocycles. The average molecular weight is 261 g/mol. The normalized spacial score (nSPS) is 12.6. The third-order valence-electron chi connectivity index (χ3n) is 2.94. The van der Waals surface area contributed by atoms with E-state index in [1.807, 2.05) is 16.9 Å². The fourth-order valence-electron chi connectivity index (χ4n) is 1.91. The van der Waals surface area contributed by atoms with Crippen molar-refractivity contribution in [2.75, 3.05) is 5.75 Å². The van der Waals surface area contributed by atoms with E-state index in [2.05, 4.69) is 43.2 Å². The van der Waals surface area contributed by atoms with Crippen molar-refractivity contribution in [1.82, 2.24) is 9.78 Å². The van der Waals surface area contributed by atoms with E-state index in [-0.39, 0.29) is 6.04 Å². The van der Waals surface area contributed by atoms with Crippen LogP contribution in [0.25, 0.3) is 0 Å². The number of hydrogen-bond acceptors (Lipinski definition) is 3. The third-order valence-corrected chi connectivity index (χ3v) is 4.24. The topological polar surface area (TPSA) is 43.8 Å². The van der Waals surface area contributed by atoms with Crippen molar-refractivity contribution < 1.29 is 0 Å². The second-order valence-corrected chi connectivity index (χ2v) is 5.32. The van der Waals surface area contributed by atoms with Crippen LogP contribution in [0.2, 0.25) is 0 Å². The first-order valence-corrected chi connectivity index (χ1v) is 7.16. The molecule has 18 heavy (non-hydrogen) atoms. The molecule has 4 heteroatoms. The van der Waals surface area contributed by atoms with Gasteiger partial charge in [-0.25, -0.2) is 0 Å². The number of hydrogen-bond donors (Lipinski definition) is 1. The van der Waals surface area contributed by atoms with Crippen LogP contribution in [0.3, 0.4) is 0 Å². The molecule has 1 atom stereocenters. The number of aromatic nitrogens is 2.